The van der Waals surface area contributed by atoms with Gasteiger partial charge in [0, 0.05) is 6.42 Å². The predicted octanol–water partition coefficient (Wildman–Crippen LogP) is 4.57. The summed E-state index contributed by atoms with van der Waals surface area (Å²) in [7, 11) is 0. The van der Waals surface area contributed by atoms with E-state index in [1.54, 1.807) is 0 Å². The van der Waals surface area contributed by atoms with Gasteiger partial charge in [0.1, 0.15) is 0 Å². The van der Waals surface area contributed by atoms with Gasteiger partial charge in [0.15, 0.2) is 5.82 Å². The summed E-state index contributed by atoms with van der Waals surface area (Å²) in [6.45, 7) is 3.35. The van der Waals surface area contributed by atoms with Gasteiger partial charge in [0.25, 0.3) is 0 Å². The zero-order chi connectivity index (χ0) is 14.8. The van der Waals surface area contributed by atoms with Gasteiger partial charge in [0.2, 0.25) is 5.89 Å². The van der Waals surface area contributed by atoms with Gasteiger partial charge in [-0.15, -0.1) is 0 Å². The smallest absolute Gasteiger partial charge is 0.226 e. The van der Waals surface area contributed by atoms with E-state index in [1.165, 1.54) is 64.2 Å². The highest BCUT2D eigenvalue weighted by atomic mass is 16.5. The minimum Gasteiger partial charge on any atom is -0.339 e. The standard InChI is InChI=1S/C17H31N3O/c1-2-3-4-5-6-7-8-9-10-13-16-19-17(20-21-16)15-12-11-14-18-15/h15,18H,2-14H2,1H3. The van der Waals surface area contributed by atoms with Crippen molar-refractivity contribution in [2.75, 3.05) is 6.54 Å². The Morgan fingerprint density at radius 2 is 1.76 bits per heavy atom. The van der Waals surface area contributed by atoms with Gasteiger partial charge in [-0.05, 0) is 25.8 Å². The van der Waals surface area contributed by atoms with Crippen LogP contribution in [0.15, 0.2) is 4.52 Å². The van der Waals surface area contributed by atoms with Crippen LogP contribution in [0.4, 0.5) is 0 Å². The average molecular weight is 293 g/mol. The summed E-state index contributed by atoms with van der Waals surface area (Å²) < 4.78 is 5.35. The first-order valence-corrected chi connectivity index (χ1v) is 8.96. The molecule has 1 N–H and O–H groups in total. The monoisotopic (exact) mass is 293 g/mol. The minimum atomic E-state index is 0.325. The Kier molecular flexibility index (Phi) is 7.79. The van der Waals surface area contributed by atoms with E-state index in [-0.39, 0.29) is 0 Å². The van der Waals surface area contributed by atoms with Crippen LogP contribution in [0.5, 0.6) is 0 Å². The van der Waals surface area contributed by atoms with Gasteiger partial charge in [0.05, 0.1) is 6.04 Å². The van der Waals surface area contributed by atoms with E-state index >= 15 is 0 Å². The van der Waals surface area contributed by atoms with E-state index in [2.05, 4.69) is 22.4 Å². The van der Waals surface area contributed by atoms with Crippen molar-refractivity contribution < 1.29 is 4.52 Å². The second-order valence-electron chi connectivity index (χ2n) is 6.27. The van der Waals surface area contributed by atoms with E-state index in [1.807, 2.05) is 0 Å². The molecule has 0 aliphatic carbocycles. The first kappa shape index (κ1) is 16.5. The van der Waals surface area contributed by atoms with Gasteiger partial charge in [-0.3, -0.25) is 0 Å². The van der Waals surface area contributed by atoms with Gasteiger partial charge < -0.3 is 9.84 Å². The molecule has 0 radical (unpaired) electrons. The van der Waals surface area contributed by atoms with Crippen molar-refractivity contribution >= 4 is 0 Å². The van der Waals surface area contributed by atoms with Crippen LogP contribution in [0, 0.1) is 0 Å². The summed E-state index contributed by atoms with van der Waals surface area (Å²) in [6.07, 6.45) is 15.4. The van der Waals surface area contributed by atoms with Crippen LogP contribution < -0.4 is 5.32 Å². The highest BCUT2D eigenvalue weighted by molar-refractivity contribution is 4.96. The molecule has 1 aromatic rings. The lowest BCUT2D eigenvalue weighted by Gasteiger charge is -2.02. The molecule has 2 rings (SSSR count). The molecule has 21 heavy (non-hydrogen) atoms. The molecule has 1 unspecified atom stereocenters. The van der Waals surface area contributed by atoms with Gasteiger partial charge in [-0.2, -0.15) is 4.98 Å². The molecule has 2 heterocycles. The molecule has 4 nitrogen and oxygen atoms in total. The average Bonchev–Trinajstić information content (AvgIpc) is 3.16. The molecule has 0 saturated carbocycles. The van der Waals surface area contributed by atoms with Crippen molar-refractivity contribution in [3.05, 3.63) is 11.7 Å². The van der Waals surface area contributed by atoms with Gasteiger partial charge >= 0.3 is 0 Å². The van der Waals surface area contributed by atoms with Crippen LogP contribution in [0.25, 0.3) is 0 Å². The Labute approximate surface area is 129 Å². The van der Waals surface area contributed by atoms with Crippen LogP contribution >= 0.6 is 0 Å². The molecule has 1 fully saturated rings. The Balaban J connectivity index is 1.49. The van der Waals surface area contributed by atoms with Crippen molar-refractivity contribution in [2.45, 2.75) is 90.0 Å². The Morgan fingerprint density at radius 3 is 2.43 bits per heavy atom. The fourth-order valence-electron chi connectivity index (χ4n) is 3.00. The normalized spacial score (nSPS) is 18.4. The lowest BCUT2D eigenvalue weighted by atomic mass is 10.1. The molecule has 120 valence electrons. The van der Waals surface area contributed by atoms with Crippen molar-refractivity contribution in [3.63, 3.8) is 0 Å². The van der Waals surface area contributed by atoms with E-state index in [0.29, 0.717) is 6.04 Å². The Morgan fingerprint density at radius 1 is 1.05 bits per heavy atom. The van der Waals surface area contributed by atoms with Gasteiger partial charge in [-0.1, -0.05) is 63.4 Å². The quantitative estimate of drug-likeness (QED) is 0.607. The second-order valence-corrected chi connectivity index (χ2v) is 6.27. The SMILES string of the molecule is CCCCCCCCCCCc1nc(C2CCCN2)no1. The molecule has 0 aromatic carbocycles. The fourth-order valence-corrected chi connectivity index (χ4v) is 3.00. The first-order valence-electron chi connectivity index (χ1n) is 8.96. The molecule has 4 heteroatoms. The van der Waals surface area contributed by atoms with Crippen molar-refractivity contribution in [3.8, 4) is 0 Å². The van der Waals surface area contributed by atoms with Crippen molar-refractivity contribution in [2.24, 2.45) is 0 Å². The third kappa shape index (κ3) is 6.16. The zero-order valence-electron chi connectivity index (χ0n) is 13.6. The summed E-state index contributed by atoms with van der Waals surface area (Å²) in [6, 6.07) is 0.325. The van der Waals surface area contributed by atoms with Crippen LogP contribution in [0.2, 0.25) is 0 Å². The maximum Gasteiger partial charge on any atom is 0.226 e. The third-order valence-electron chi connectivity index (χ3n) is 4.35. The molecule has 1 aliphatic rings. The van der Waals surface area contributed by atoms with Gasteiger partial charge in [-0.25, -0.2) is 0 Å². The second kappa shape index (κ2) is 9.93. The maximum atomic E-state index is 5.35. The Hall–Kier alpha value is -0.900. The van der Waals surface area contributed by atoms with Crippen LogP contribution in [-0.2, 0) is 6.42 Å². The number of hydrogen-bond donors (Lipinski definition) is 1. The van der Waals surface area contributed by atoms with Crippen LogP contribution in [0.1, 0.15) is 95.3 Å². The van der Waals surface area contributed by atoms with Crippen LogP contribution in [-0.4, -0.2) is 16.7 Å². The number of nitrogens with zero attached hydrogens (tertiary/aromatic N) is 2. The highest BCUT2D eigenvalue weighted by Crippen LogP contribution is 2.20. The number of nitrogens with one attached hydrogen (secondary N) is 1. The summed E-state index contributed by atoms with van der Waals surface area (Å²) in [5.74, 6) is 1.68. The summed E-state index contributed by atoms with van der Waals surface area (Å²) in [5.41, 5.74) is 0. The summed E-state index contributed by atoms with van der Waals surface area (Å²) in [4.78, 5) is 4.52. The minimum absolute atomic E-state index is 0.325. The van der Waals surface area contributed by atoms with Crippen molar-refractivity contribution in [1.82, 2.24) is 15.5 Å². The molecule has 1 atom stereocenters. The molecule has 1 saturated heterocycles. The predicted molar refractivity (Wildman–Crippen MR) is 85.2 cm³/mol. The van der Waals surface area contributed by atoms with E-state index < -0.39 is 0 Å². The van der Waals surface area contributed by atoms with Crippen LogP contribution in [0.3, 0.4) is 0 Å². The molecule has 0 amide bonds. The number of unbranched alkanes of at least 4 members (excludes halogenated alkanes) is 8. The fraction of sp³-hybridized carbons (Fsp3) is 0.882. The van der Waals surface area contributed by atoms with Crippen molar-refractivity contribution in [1.29, 1.82) is 0 Å². The summed E-state index contributed by atoms with van der Waals surface area (Å²) in [5, 5.41) is 7.51. The number of hydrogen-bond acceptors (Lipinski definition) is 4. The topological polar surface area (TPSA) is 51.0 Å². The Bertz CT molecular complexity index is 372. The molecule has 1 aliphatic heterocycles. The molecule has 0 bridgehead atoms. The maximum absolute atomic E-state index is 5.35. The number of aryl methyl sites for hydroxylation is 1. The third-order valence-corrected chi connectivity index (χ3v) is 4.35. The number of aromatic nitrogens is 2. The lowest BCUT2D eigenvalue weighted by molar-refractivity contribution is 0.363. The van der Waals surface area contributed by atoms with E-state index in [9.17, 15) is 0 Å². The largest absolute Gasteiger partial charge is 0.339 e. The lowest BCUT2D eigenvalue weighted by Crippen LogP contribution is -2.14. The molecule has 0 spiro atoms. The van der Waals surface area contributed by atoms with E-state index in [0.717, 1.165) is 31.1 Å². The zero-order valence-corrected chi connectivity index (χ0v) is 13.6. The summed E-state index contributed by atoms with van der Waals surface area (Å²) >= 11 is 0. The highest BCUT2D eigenvalue weighted by Gasteiger charge is 2.21. The number of rotatable bonds is 11. The first-order chi connectivity index (χ1) is 10.4. The van der Waals surface area contributed by atoms with E-state index in [4.69, 9.17) is 4.52 Å². The molecular weight excluding hydrogens is 262 g/mol. The molecule has 1 aromatic heterocycles. The molecular formula is C17H31N3O.